The van der Waals surface area contributed by atoms with Crippen molar-refractivity contribution in [1.82, 2.24) is 4.98 Å². The Morgan fingerprint density at radius 3 is 2.56 bits per heavy atom. The van der Waals surface area contributed by atoms with Gasteiger partial charge in [0.2, 0.25) is 0 Å². The smallest absolute Gasteiger partial charge is 0.193 e. The molecular weight excluding hydrogens is 222 g/mol. The van der Waals surface area contributed by atoms with Crippen molar-refractivity contribution in [2.24, 2.45) is 0 Å². The molecule has 1 N–H and O–H groups in total. The van der Waals surface area contributed by atoms with Crippen LogP contribution in [0.1, 0.15) is 21.5 Å². The second kappa shape index (κ2) is 4.15. The molecule has 0 saturated heterocycles. The molecule has 18 heavy (non-hydrogen) atoms. The molecular formula is C16H13NO. The molecule has 0 bridgehead atoms. The van der Waals surface area contributed by atoms with E-state index in [0.717, 1.165) is 27.6 Å². The highest BCUT2D eigenvalue weighted by molar-refractivity contribution is 6.10. The second-order valence-electron chi connectivity index (χ2n) is 4.43. The summed E-state index contributed by atoms with van der Waals surface area (Å²) >= 11 is 0. The van der Waals surface area contributed by atoms with Gasteiger partial charge < -0.3 is 4.98 Å². The van der Waals surface area contributed by atoms with E-state index in [1.165, 1.54) is 0 Å². The fourth-order valence-electron chi connectivity index (χ4n) is 2.16. The summed E-state index contributed by atoms with van der Waals surface area (Å²) in [5.74, 6) is 0.0677. The number of aromatic amines is 1. The van der Waals surface area contributed by atoms with Gasteiger partial charge in [-0.25, -0.2) is 0 Å². The molecule has 1 aromatic heterocycles. The number of aryl methyl sites for hydroxylation is 1. The minimum Gasteiger partial charge on any atom is -0.361 e. The zero-order valence-corrected chi connectivity index (χ0v) is 10.1. The quantitative estimate of drug-likeness (QED) is 0.675. The van der Waals surface area contributed by atoms with Crippen LogP contribution in [-0.2, 0) is 0 Å². The lowest BCUT2D eigenvalue weighted by molar-refractivity contribution is 0.103. The van der Waals surface area contributed by atoms with Crippen LogP contribution in [0.3, 0.4) is 0 Å². The van der Waals surface area contributed by atoms with Gasteiger partial charge in [-0.05, 0) is 30.7 Å². The first-order chi connectivity index (χ1) is 8.75. The van der Waals surface area contributed by atoms with Gasteiger partial charge in [0.25, 0.3) is 0 Å². The van der Waals surface area contributed by atoms with Crippen molar-refractivity contribution in [3.8, 4) is 0 Å². The van der Waals surface area contributed by atoms with Crippen molar-refractivity contribution in [1.29, 1.82) is 0 Å². The summed E-state index contributed by atoms with van der Waals surface area (Å²) in [4.78, 5) is 15.5. The number of H-pyrrole nitrogens is 1. The molecule has 3 aromatic rings. The molecule has 0 aliphatic rings. The van der Waals surface area contributed by atoms with Crippen LogP contribution < -0.4 is 0 Å². The Morgan fingerprint density at radius 1 is 1.00 bits per heavy atom. The normalized spacial score (nSPS) is 10.7. The van der Waals surface area contributed by atoms with Crippen LogP contribution in [0, 0.1) is 6.92 Å². The Hall–Kier alpha value is -2.35. The van der Waals surface area contributed by atoms with E-state index in [1.807, 2.05) is 61.7 Å². The highest BCUT2D eigenvalue weighted by Gasteiger charge is 2.10. The molecule has 0 radical (unpaired) electrons. The third kappa shape index (κ3) is 1.72. The van der Waals surface area contributed by atoms with E-state index < -0.39 is 0 Å². The molecule has 2 nitrogen and oxygen atoms in total. The number of ketones is 1. The van der Waals surface area contributed by atoms with Gasteiger partial charge in [0, 0.05) is 28.2 Å². The Bertz CT molecular complexity index is 710. The molecule has 0 fully saturated rings. The fraction of sp³-hybridized carbons (Fsp3) is 0.0625. The van der Waals surface area contributed by atoms with E-state index in [4.69, 9.17) is 0 Å². The molecule has 88 valence electrons. The Morgan fingerprint density at radius 2 is 1.78 bits per heavy atom. The van der Waals surface area contributed by atoms with Gasteiger partial charge in [-0.15, -0.1) is 0 Å². The molecule has 3 rings (SSSR count). The molecule has 0 amide bonds. The lowest BCUT2D eigenvalue weighted by Crippen LogP contribution is -2.00. The number of nitrogens with one attached hydrogen (secondary N) is 1. The van der Waals surface area contributed by atoms with Crippen LogP contribution >= 0.6 is 0 Å². The Kier molecular flexibility index (Phi) is 2.49. The molecule has 2 aromatic carbocycles. The molecule has 0 saturated carbocycles. The molecule has 0 spiro atoms. The highest BCUT2D eigenvalue weighted by Crippen LogP contribution is 2.20. The van der Waals surface area contributed by atoms with Gasteiger partial charge in [-0.3, -0.25) is 4.79 Å². The Balaban J connectivity index is 2.09. The molecule has 0 aliphatic heterocycles. The van der Waals surface area contributed by atoms with Crippen LogP contribution in [0.25, 0.3) is 10.9 Å². The number of benzene rings is 2. The number of hydrogen-bond donors (Lipinski definition) is 1. The van der Waals surface area contributed by atoms with Crippen molar-refractivity contribution in [3.05, 3.63) is 71.4 Å². The first-order valence-corrected chi connectivity index (χ1v) is 5.93. The van der Waals surface area contributed by atoms with Crippen LogP contribution in [0.4, 0.5) is 0 Å². The van der Waals surface area contributed by atoms with Gasteiger partial charge in [0.15, 0.2) is 5.78 Å². The summed E-state index contributed by atoms with van der Waals surface area (Å²) < 4.78 is 0. The molecule has 0 atom stereocenters. The third-order valence-electron chi connectivity index (χ3n) is 3.19. The van der Waals surface area contributed by atoms with Gasteiger partial charge in [0.1, 0.15) is 0 Å². The summed E-state index contributed by atoms with van der Waals surface area (Å²) in [6.45, 7) is 2.04. The predicted molar refractivity (Wildman–Crippen MR) is 72.9 cm³/mol. The van der Waals surface area contributed by atoms with Crippen molar-refractivity contribution < 1.29 is 4.79 Å². The standard InChI is InChI=1S/C16H13NO/c1-11-10-17-15-8-7-13(9-14(11)15)16(18)12-5-3-2-4-6-12/h2-10,17H,1H3. The third-order valence-corrected chi connectivity index (χ3v) is 3.19. The number of hydrogen-bond acceptors (Lipinski definition) is 1. The zero-order chi connectivity index (χ0) is 12.5. The largest absolute Gasteiger partial charge is 0.361 e. The molecule has 1 heterocycles. The van der Waals surface area contributed by atoms with E-state index in [9.17, 15) is 4.79 Å². The lowest BCUT2D eigenvalue weighted by atomic mass is 10.0. The summed E-state index contributed by atoms with van der Waals surface area (Å²) in [5.41, 5.74) is 3.69. The number of aromatic nitrogens is 1. The predicted octanol–water partition coefficient (Wildman–Crippen LogP) is 3.71. The zero-order valence-electron chi connectivity index (χ0n) is 10.1. The summed E-state index contributed by atoms with van der Waals surface area (Å²) in [5, 5.41) is 1.11. The van der Waals surface area contributed by atoms with E-state index >= 15 is 0 Å². The van der Waals surface area contributed by atoms with Crippen LogP contribution in [-0.4, -0.2) is 10.8 Å². The fourth-order valence-corrected chi connectivity index (χ4v) is 2.16. The van der Waals surface area contributed by atoms with Gasteiger partial charge in [-0.1, -0.05) is 30.3 Å². The summed E-state index contributed by atoms with van der Waals surface area (Å²) in [6, 6.07) is 15.1. The topological polar surface area (TPSA) is 32.9 Å². The van der Waals surface area contributed by atoms with Crippen molar-refractivity contribution in [2.45, 2.75) is 6.92 Å². The van der Waals surface area contributed by atoms with E-state index in [2.05, 4.69) is 4.98 Å². The maximum Gasteiger partial charge on any atom is 0.193 e. The number of rotatable bonds is 2. The summed E-state index contributed by atoms with van der Waals surface area (Å²) in [7, 11) is 0. The summed E-state index contributed by atoms with van der Waals surface area (Å²) in [6.07, 6.45) is 1.96. The minimum atomic E-state index is 0.0677. The van der Waals surface area contributed by atoms with Crippen molar-refractivity contribution in [3.63, 3.8) is 0 Å². The number of fused-ring (bicyclic) bond motifs is 1. The van der Waals surface area contributed by atoms with Gasteiger partial charge in [0.05, 0.1) is 0 Å². The average Bonchev–Trinajstić information content (AvgIpc) is 2.80. The van der Waals surface area contributed by atoms with Crippen LogP contribution in [0.2, 0.25) is 0 Å². The molecule has 0 aliphatic carbocycles. The maximum atomic E-state index is 12.3. The molecule has 0 unspecified atom stereocenters. The van der Waals surface area contributed by atoms with E-state index in [-0.39, 0.29) is 5.78 Å². The first kappa shape index (κ1) is 10.8. The molecule has 2 heteroatoms. The lowest BCUT2D eigenvalue weighted by Gasteiger charge is -2.01. The van der Waals surface area contributed by atoms with Crippen LogP contribution in [0.15, 0.2) is 54.7 Å². The Labute approximate surface area is 105 Å². The number of carbonyl (C=O) groups is 1. The highest BCUT2D eigenvalue weighted by atomic mass is 16.1. The van der Waals surface area contributed by atoms with Crippen molar-refractivity contribution in [2.75, 3.05) is 0 Å². The monoisotopic (exact) mass is 235 g/mol. The van der Waals surface area contributed by atoms with Gasteiger partial charge in [-0.2, -0.15) is 0 Å². The van der Waals surface area contributed by atoms with E-state index in [0.29, 0.717) is 0 Å². The maximum absolute atomic E-state index is 12.3. The first-order valence-electron chi connectivity index (χ1n) is 5.93. The SMILES string of the molecule is Cc1c[nH]c2ccc(C(=O)c3ccccc3)cc12. The minimum absolute atomic E-state index is 0.0677. The second-order valence-corrected chi connectivity index (χ2v) is 4.43. The van der Waals surface area contributed by atoms with Crippen molar-refractivity contribution >= 4 is 16.7 Å². The van der Waals surface area contributed by atoms with E-state index in [1.54, 1.807) is 0 Å². The van der Waals surface area contributed by atoms with Crippen LogP contribution in [0.5, 0.6) is 0 Å². The van der Waals surface area contributed by atoms with Gasteiger partial charge >= 0.3 is 0 Å². The number of carbonyl (C=O) groups excluding carboxylic acids is 1. The average molecular weight is 235 g/mol.